The highest BCUT2D eigenvalue weighted by Gasteiger charge is 2.52. The summed E-state index contributed by atoms with van der Waals surface area (Å²) in [6, 6.07) is 0. The Balaban J connectivity index is 1.68. The molecule has 0 aromatic carbocycles. The van der Waals surface area contributed by atoms with Gasteiger partial charge in [0.1, 0.15) is 18.3 Å². The summed E-state index contributed by atoms with van der Waals surface area (Å²) in [4.78, 5) is 0. The maximum absolute atomic E-state index is 5.69. The predicted molar refractivity (Wildman–Crippen MR) is 47.5 cm³/mol. The van der Waals surface area contributed by atoms with E-state index in [2.05, 4.69) is 0 Å². The zero-order valence-corrected chi connectivity index (χ0v) is 8.81. The SMILES string of the molecule is CCOC1CC2O[P@]3OC[C@@H](O3)[C@@H]2O1. The third-order valence-corrected chi connectivity index (χ3v) is 3.85. The Hall–Kier alpha value is 0.230. The summed E-state index contributed by atoms with van der Waals surface area (Å²) >= 11 is 0. The molecule has 3 rings (SSSR count). The number of rotatable bonds is 2. The van der Waals surface area contributed by atoms with Gasteiger partial charge in [-0.05, 0) is 6.92 Å². The van der Waals surface area contributed by atoms with Crippen LogP contribution >= 0.6 is 8.60 Å². The van der Waals surface area contributed by atoms with Crippen LogP contribution in [0, 0.1) is 0 Å². The normalized spacial score (nSPS) is 50.8. The summed E-state index contributed by atoms with van der Waals surface area (Å²) in [7, 11) is -1.09. The average Bonchev–Trinajstić information content (AvgIpc) is 2.73. The lowest BCUT2D eigenvalue weighted by Crippen LogP contribution is -2.38. The van der Waals surface area contributed by atoms with Gasteiger partial charge in [0.2, 0.25) is 0 Å². The third kappa shape index (κ3) is 1.48. The number of hydrogen-bond acceptors (Lipinski definition) is 5. The van der Waals surface area contributed by atoms with Gasteiger partial charge < -0.3 is 23.0 Å². The fourth-order valence-electron chi connectivity index (χ4n) is 1.99. The van der Waals surface area contributed by atoms with Gasteiger partial charge in [0.15, 0.2) is 6.29 Å². The summed E-state index contributed by atoms with van der Waals surface area (Å²) in [5.41, 5.74) is 0. The molecule has 3 saturated heterocycles. The summed E-state index contributed by atoms with van der Waals surface area (Å²) in [5, 5.41) is 0. The summed E-state index contributed by atoms with van der Waals surface area (Å²) in [6.45, 7) is 3.22. The first-order valence-corrected chi connectivity index (χ1v) is 6.00. The number of hydrogen-bond donors (Lipinski definition) is 0. The van der Waals surface area contributed by atoms with E-state index >= 15 is 0 Å². The van der Waals surface area contributed by atoms with E-state index in [0.717, 1.165) is 6.42 Å². The highest BCUT2D eigenvalue weighted by Crippen LogP contribution is 2.55. The van der Waals surface area contributed by atoms with E-state index in [9.17, 15) is 0 Å². The maximum Gasteiger partial charge on any atom is 0.333 e. The van der Waals surface area contributed by atoms with Crippen LogP contribution < -0.4 is 0 Å². The van der Waals surface area contributed by atoms with Gasteiger partial charge in [0.05, 0.1) is 6.61 Å². The molecule has 0 spiro atoms. The van der Waals surface area contributed by atoms with Gasteiger partial charge in [-0.15, -0.1) is 0 Å². The molecule has 80 valence electrons. The van der Waals surface area contributed by atoms with Gasteiger partial charge in [0.25, 0.3) is 0 Å². The largest absolute Gasteiger partial charge is 0.353 e. The second-order valence-electron chi connectivity index (χ2n) is 3.53. The average molecular weight is 220 g/mol. The molecule has 3 aliphatic rings. The first-order valence-electron chi connectivity index (χ1n) is 4.90. The summed E-state index contributed by atoms with van der Waals surface area (Å²) < 4.78 is 27.5. The smallest absolute Gasteiger partial charge is 0.333 e. The number of ether oxygens (including phenoxy) is 2. The maximum atomic E-state index is 5.69. The highest BCUT2D eigenvalue weighted by molar-refractivity contribution is 7.42. The van der Waals surface area contributed by atoms with Crippen LogP contribution in [0.2, 0.25) is 0 Å². The van der Waals surface area contributed by atoms with Crippen LogP contribution in [0.1, 0.15) is 13.3 Å². The van der Waals surface area contributed by atoms with Crippen molar-refractivity contribution in [1.82, 2.24) is 0 Å². The molecule has 2 bridgehead atoms. The van der Waals surface area contributed by atoms with Crippen LogP contribution in [0.15, 0.2) is 0 Å². The summed E-state index contributed by atoms with van der Waals surface area (Å²) in [5.74, 6) is 0. The van der Waals surface area contributed by atoms with E-state index in [1.165, 1.54) is 0 Å². The molecule has 3 heterocycles. The molecule has 6 heteroatoms. The molecule has 3 aliphatic heterocycles. The van der Waals surface area contributed by atoms with Crippen molar-refractivity contribution in [3.05, 3.63) is 0 Å². The topological polar surface area (TPSA) is 46.2 Å². The van der Waals surface area contributed by atoms with Crippen molar-refractivity contribution in [2.24, 2.45) is 0 Å². The fourth-order valence-corrected chi connectivity index (χ4v) is 3.26. The van der Waals surface area contributed by atoms with Gasteiger partial charge in [-0.3, -0.25) is 0 Å². The van der Waals surface area contributed by atoms with Gasteiger partial charge in [-0.2, -0.15) is 0 Å². The molecular formula is C8H13O5P. The molecule has 0 aliphatic carbocycles. The number of fused-ring (bicyclic) bond motifs is 4. The minimum atomic E-state index is -1.09. The lowest BCUT2D eigenvalue weighted by Gasteiger charge is -2.27. The molecule has 5 atom stereocenters. The lowest BCUT2D eigenvalue weighted by molar-refractivity contribution is -0.152. The Bertz CT molecular complexity index is 226. The van der Waals surface area contributed by atoms with Crippen molar-refractivity contribution < 1.29 is 23.0 Å². The van der Waals surface area contributed by atoms with Gasteiger partial charge in [0, 0.05) is 13.0 Å². The van der Waals surface area contributed by atoms with Crippen molar-refractivity contribution in [1.29, 1.82) is 0 Å². The molecule has 2 unspecified atom stereocenters. The van der Waals surface area contributed by atoms with Crippen LogP contribution in [-0.4, -0.2) is 37.8 Å². The molecule has 0 amide bonds. The Kier molecular flexibility index (Phi) is 2.48. The van der Waals surface area contributed by atoms with Crippen LogP contribution in [0.5, 0.6) is 0 Å². The molecule has 0 saturated carbocycles. The molecular weight excluding hydrogens is 207 g/mol. The Morgan fingerprint density at radius 2 is 2.21 bits per heavy atom. The Morgan fingerprint density at radius 1 is 1.36 bits per heavy atom. The predicted octanol–water partition coefficient (Wildman–Crippen LogP) is 1.18. The van der Waals surface area contributed by atoms with E-state index in [-0.39, 0.29) is 24.6 Å². The zero-order valence-electron chi connectivity index (χ0n) is 7.92. The van der Waals surface area contributed by atoms with Crippen molar-refractivity contribution in [3.8, 4) is 0 Å². The van der Waals surface area contributed by atoms with Crippen molar-refractivity contribution in [2.45, 2.75) is 37.9 Å². The minimum absolute atomic E-state index is 0.00667. The third-order valence-electron chi connectivity index (χ3n) is 2.61. The van der Waals surface area contributed by atoms with E-state index in [1.807, 2.05) is 6.92 Å². The summed E-state index contributed by atoms with van der Waals surface area (Å²) in [6.07, 6.45) is 0.798. The van der Waals surface area contributed by atoms with Crippen LogP contribution in [0.3, 0.4) is 0 Å². The van der Waals surface area contributed by atoms with E-state index in [1.54, 1.807) is 0 Å². The highest BCUT2D eigenvalue weighted by atomic mass is 31.2. The quantitative estimate of drug-likeness (QED) is 0.654. The zero-order chi connectivity index (χ0) is 9.54. The van der Waals surface area contributed by atoms with Crippen LogP contribution in [-0.2, 0) is 23.0 Å². The van der Waals surface area contributed by atoms with Crippen molar-refractivity contribution in [3.63, 3.8) is 0 Å². The van der Waals surface area contributed by atoms with Crippen molar-refractivity contribution in [2.75, 3.05) is 13.2 Å². The standard InChI is InChI=1S/C8H13O5P/c1-2-9-7-3-5-8(11-7)6-4-10-14(12-5)13-6/h5-8H,2-4H2,1H3/t5?,6-,7?,8-,14+/m1/s1. The van der Waals surface area contributed by atoms with Gasteiger partial charge in [-0.25, -0.2) is 0 Å². The molecule has 0 radical (unpaired) electrons. The lowest BCUT2D eigenvalue weighted by atomic mass is 10.1. The van der Waals surface area contributed by atoms with Crippen LogP contribution in [0.4, 0.5) is 0 Å². The Morgan fingerprint density at radius 3 is 3.07 bits per heavy atom. The molecule has 14 heavy (non-hydrogen) atoms. The van der Waals surface area contributed by atoms with Crippen molar-refractivity contribution >= 4 is 8.60 Å². The second kappa shape index (κ2) is 3.67. The molecule has 0 aromatic heterocycles. The van der Waals surface area contributed by atoms with Crippen LogP contribution in [0.25, 0.3) is 0 Å². The van der Waals surface area contributed by atoms with E-state index in [0.29, 0.717) is 13.2 Å². The molecule has 3 fully saturated rings. The molecule has 5 nitrogen and oxygen atoms in total. The second-order valence-corrected chi connectivity index (χ2v) is 4.66. The fraction of sp³-hybridized carbons (Fsp3) is 1.00. The minimum Gasteiger partial charge on any atom is -0.353 e. The van der Waals surface area contributed by atoms with E-state index in [4.69, 9.17) is 23.0 Å². The van der Waals surface area contributed by atoms with E-state index < -0.39 is 8.60 Å². The van der Waals surface area contributed by atoms with Gasteiger partial charge in [-0.1, -0.05) is 0 Å². The first kappa shape index (κ1) is 9.46. The molecule has 0 aromatic rings. The Labute approximate surface area is 83.6 Å². The van der Waals surface area contributed by atoms with Gasteiger partial charge >= 0.3 is 8.60 Å². The monoisotopic (exact) mass is 220 g/mol. The molecule has 0 N–H and O–H groups in total. The first-order chi connectivity index (χ1) is 6.86.